The summed E-state index contributed by atoms with van der Waals surface area (Å²) in [4.78, 5) is 11.0. The van der Waals surface area contributed by atoms with E-state index in [-0.39, 0.29) is 6.10 Å². The van der Waals surface area contributed by atoms with Crippen molar-refractivity contribution in [3.63, 3.8) is 0 Å². The minimum absolute atomic E-state index is 0.0845. The molecule has 5 heteroatoms. The second-order valence-electron chi connectivity index (χ2n) is 3.85. The maximum atomic E-state index is 11.0. The highest BCUT2D eigenvalue weighted by Crippen LogP contribution is 2.34. The first kappa shape index (κ1) is 14.8. The molecule has 100 valence electrons. The lowest BCUT2D eigenvalue weighted by Gasteiger charge is -2.18. The molecule has 0 spiro atoms. The second kappa shape index (κ2) is 7.24. The largest absolute Gasteiger partial charge is 0.493 e. The molecular weight excluding hydrogens is 256 g/mol. The molecule has 0 heterocycles. The van der Waals surface area contributed by atoms with Crippen LogP contribution in [0.15, 0.2) is 12.1 Å². The summed E-state index contributed by atoms with van der Waals surface area (Å²) in [7, 11) is 3.14. The Morgan fingerprint density at radius 1 is 1.39 bits per heavy atom. The first-order valence-electron chi connectivity index (χ1n) is 5.60. The third-order valence-corrected chi connectivity index (χ3v) is 2.66. The zero-order chi connectivity index (χ0) is 13.5. The Kier molecular flexibility index (Phi) is 5.95. The van der Waals surface area contributed by atoms with Gasteiger partial charge in [0.15, 0.2) is 17.8 Å². The molecule has 0 saturated carbocycles. The lowest BCUT2D eigenvalue weighted by molar-refractivity contribution is 0.110. The van der Waals surface area contributed by atoms with Crippen molar-refractivity contribution in [3.05, 3.63) is 22.7 Å². The number of ether oxygens (including phenoxy) is 3. The Balaban J connectivity index is 2.94. The van der Waals surface area contributed by atoms with Crippen molar-refractivity contribution in [3.8, 4) is 11.5 Å². The van der Waals surface area contributed by atoms with Gasteiger partial charge in [0.25, 0.3) is 0 Å². The maximum absolute atomic E-state index is 11.0. The summed E-state index contributed by atoms with van der Waals surface area (Å²) in [5.41, 5.74) is 0.378. The van der Waals surface area contributed by atoms with Gasteiger partial charge < -0.3 is 14.2 Å². The maximum Gasteiger partial charge on any atom is 0.172 e. The molecule has 1 unspecified atom stereocenters. The monoisotopic (exact) mass is 272 g/mol. The van der Waals surface area contributed by atoms with Crippen molar-refractivity contribution in [2.75, 3.05) is 20.8 Å². The van der Waals surface area contributed by atoms with Crippen LogP contribution in [0, 0.1) is 0 Å². The molecule has 1 aromatic carbocycles. The Hall–Kier alpha value is -1.26. The summed E-state index contributed by atoms with van der Waals surface area (Å²) in [5, 5.41) is 0.436. The van der Waals surface area contributed by atoms with Gasteiger partial charge in [-0.25, -0.2) is 0 Å². The van der Waals surface area contributed by atoms with E-state index in [1.54, 1.807) is 19.2 Å². The zero-order valence-corrected chi connectivity index (χ0v) is 11.5. The molecule has 0 saturated heterocycles. The average molecular weight is 273 g/mol. The third-order valence-electron chi connectivity index (χ3n) is 2.44. The van der Waals surface area contributed by atoms with Gasteiger partial charge >= 0.3 is 0 Å². The topological polar surface area (TPSA) is 44.8 Å². The molecule has 0 aliphatic carbocycles. The summed E-state index contributed by atoms with van der Waals surface area (Å²) in [6, 6.07) is 3.17. The lowest BCUT2D eigenvalue weighted by atomic mass is 10.2. The van der Waals surface area contributed by atoms with Crippen LogP contribution in [0.3, 0.4) is 0 Å². The molecule has 0 radical (unpaired) electrons. The number of rotatable bonds is 7. The Morgan fingerprint density at radius 2 is 2.11 bits per heavy atom. The summed E-state index contributed by atoms with van der Waals surface area (Å²) >= 11 is 5.89. The van der Waals surface area contributed by atoms with Gasteiger partial charge in [0.05, 0.1) is 18.8 Å². The molecule has 4 nitrogen and oxygen atoms in total. The molecule has 0 amide bonds. The van der Waals surface area contributed by atoms with Gasteiger partial charge in [-0.1, -0.05) is 11.6 Å². The fourth-order valence-corrected chi connectivity index (χ4v) is 1.71. The number of carbonyl (C=O) groups excluding carboxylic acids is 1. The van der Waals surface area contributed by atoms with Crippen LogP contribution in [0.2, 0.25) is 5.02 Å². The van der Waals surface area contributed by atoms with Crippen molar-refractivity contribution in [1.82, 2.24) is 0 Å². The van der Waals surface area contributed by atoms with E-state index in [1.807, 2.05) is 6.92 Å². The summed E-state index contributed by atoms with van der Waals surface area (Å²) in [6.07, 6.45) is 1.34. The lowest BCUT2D eigenvalue weighted by Crippen LogP contribution is -2.15. The fourth-order valence-electron chi connectivity index (χ4n) is 1.50. The number of hydrogen-bond acceptors (Lipinski definition) is 4. The minimum atomic E-state index is -0.0845. The minimum Gasteiger partial charge on any atom is -0.493 e. The van der Waals surface area contributed by atoms with Crippen molar-refractivity contribution < 1.29 is 19.0 Å². The predicted octanol–water partition coefficient (Wildman–Crippen LogP) is 2.96. The SMILES string of the molecule is COCCC(C)Oc1c(C=O)cc(Cl)cc1OC. The average Bonchev–Trinajstić information content (AvgIpc) is 2.37. The molecule has 0 N–H and O–H groups in total. The van der Waals surface area contributed by atoms with Crippen LogP contribution in [0.5, 0.6) is 11.5 Å². The van der Waals surface area contributed by atoms with E-state index in [9.17, 15) is 4.79 Å². The highest BCUT2D eigenvalue weighted by Gasteiger charge is 2.15. The number of benzene rings is 1. The van der Waals surface area contributed by atoms with Gasteiger partial charge in [-0.15, -0.1) is 0 Å². The van der Waals surface area contributed by atoms with Gasteiger partial charge in [-0.3, -0.25) is 4.79 Å². The first-order chi connectivity index (χ1) is 8.62. The normalized spacial score (nSPS) is 12.0. The van der Waals surface area contributed by atoms with Crippen LogP contribution in [0.1, 0.15) is 23.7 Å². The fraction of sp³-hybridized carbons (Fsp3) is 0.462. The van der Waals surface area contributed by atoms with E-state index in [0.29, 0.717) is 35.0 Å². The summed E-state index contributed by atoms with van der Waals surface area (Å²) in [5.74, 6) is 0.870. The van der Waals surface area contributed by atoms with Crippen molar-refractivity contribution in [2.24, 2.45) is 0 Å². The van der Waals surface area contributed by atoms with E-state index in [1.165, 1.54) is 7.11 Å². The smallest absolute Gasteiger partial charge is 0.172 e. The van der Waals surface area contributed by atoms with E-state index in [4.69, 9.17) is 25.8 Å². The molecule has 0 aliphatic heterocycles. The Labute approximate surface area is 112 Å². The summed E-state index contributed by atoms with van der Waals surface area (Å²) in [6.45, 7) is 2.50. The van der Waals surface area contributed by atoms with E-state index in [0.717, 1.165) is 6.42 Å². The van der Waals surface area contributed by atoms with Crippen LogP contribution < -0.4 is 9.47 Å². The Morgan fingerprint density at radius 3 is 2.67 bits per heavy atom. The van der Waals surface area contributed by atoms with Crippen molar-refractivity contribution >= 4 is 17.9 Å². The van der Waals surface area contributed by atoms with Crippen molar-refractivity contribution in [2.45, 2.75) is 19.4 Å². The molecule has 1 atom stereocenters. The number of methoxy groups -OCH3 is 2. The highest BCUT2D eigenvalue weighted by atomic mass is 35.5. The molecule has 0 aliphatic rings. The van der Waals surface area contributed by atoms with Crippen LogP contribution in [-0.4, -0.2) is 33.2 Å². The number of halogens is 1. The molecule has 18 heavy (non-hydrogen) atoms. The van der Waals surface area contributed by atoms with Gasteiger partial charge in [-0.2, -0.15) is 0 Å². The molecule has 0 bridgehead atoms. The van der Waals surface area contributed by atoms with Crippen LogP contribution in [0.4, 0.5) is 0 Å². The quantitative estimate of drug-likeness (QED) is 0.716. The van der Waals surface area contributed by atoms with Crippen LogP contribution >= 0.6 is 11.6 Å². The van der Waals surface area contributed by atoms with Gasteiger partial charge in [-0.05, 0) is 13.0 Å². The summed E-state index contributed by atoms with van der Waals surface area (Å²) < 4.78 is 15.9. The van der Waals surface area contributed by atoms with Gasteiger partial charge in [0, 0.05) is 31.2 Å². The van der Waals surface area contributed by atoms with Crippen LogP contribution in [-0.2, 0) is 4.74 Å². The standard InChI is InChI=1S/C13H17ClO4/c1-9(4-5-16-2)18-13-10(8-15)6-11(14)7-12(13)17-3/h6-9H,4-5H2,1-3H3. The van der Waals surface area contributed by atoms with Crippen LogP contribution in [0.25, 0.3) is 0 Å². The van der Waals surface area contributed by atoms with E-state index < -0.39 is 0 Å². The zero-order valence-electron chi connectivity index (χ0n) is 10.7. The first-order valence-corrected chi connectivity index (χ1v) is 5.98. The molecular formula is C13H17ClO4. The highest BCUT2D eigenvalue weighted by molar-refractivity contribution is 6.31. The van der Waals surface area contributed by atoms with E-state index >= 15 is 0 Å². The molecule has 0 fully saturated rings. The van der Waals surface area contributed by atoms with Gasteiger partial charge in [0.2, 0.25) is 0 Å². The molecule has 0 aromatic heterocycles. The number of carbonyl (C=O) groups is 1. The third kappa shape index (κ3) is 3.89. The number of hydrogen-bond donors (Lipinski definition) is 0. The molecule has 1 rings (SSSR count). The van der Waals surface area contributed by atoms with E-state index in [2.05, 4.69) is 0 Å². The number of aldehydes is 1. The predicted molar refractivity (Wildman–Crippen MR) is 70.0 cm³/mol. The van der Waals surface area contributed by atoms with Crippen molar-refractivity contribution in [1.29, 1.82) is 0 Å². The van der Waals surface area contributed by atoms with Gasteiger partial charge in [0.1, 0.15) is 0 Å². The second-order valence-corrected chi connectivity index (χ2v) is 4.29. The Bertz CT molecular complexity index is 406. The molecule has 1 aromatic rings.